The number of esters is 1. The highest BCUT2D eigenvalue weighted by atomic mass is 32.2. The Bertz CT molecular complexity index is 969. The Morgan fingerprint density at radius 1 is 1.07 bits per heavy atom. The number of benzene rings is 2. The summed E-state index contributed by atoms with van der Waals surface area (Å²) in [7, 11) is 4.41. The maximum absolute atomic E-state index is 13.0. The van der Waals surface area contributed by atoms with Gasteiger partial charge in [0, 0.05) is 6.07 Å². The Hall–Kier alpha value is -2.84. The van der Waals surface area contributed by atoms with Crippen LogP contribution >= 0.6 is 24.0 Å². The van der Waals surface area contributed by atoms with Gasteiger partial charge in [0.25, 0.3) is 5.91 Å². The summed E-state index contributed by atoms with van der Waals surface area (Å²) in [6, 6.07) is 11.9. The van der Waals surface area contributed by atoms with E-state index in [-0.39, 0.29) is 5.91 Å². The molecular formula is C20H17NO5S2. The van der Waals surface area contributed by atoms with E-state index in [0.29, 0.717) is 32.0 Å². The third-order valence-electron chi connectivity index (χ3n) is 4.05. The number of methoxy groups -OCH3 is 3. The van der Waals surface area contributed by atoms with Crippen molar-refractivity contribution in [2.45, 2.75) is 0 Å². The van der Waals surface area contributed by atoms with Crippen molar-refractivity contribution in [1.82, 2.24) is 0 Å². The van der Waals surface area contributed by atoms with E-state index in [0.717, 1.165) is 5.56 Å². The first-order valence-electron chi connectivity index (χ1n) is 8.17. The van der Waals surface area contributed by atoms with Gasteiger partial charge in [0.2, 0.25) is 0 Å². The molecule has 144 valence electrons. The average Bonchev–Trinajstić information content (AvgIpc) is 3.00. The highest BCUT2D eigenvalue weighted by Gasteiger charge is 2.35. The molecule has 3 rings (SSSR count). The van der Waals surface area contributed by atoms with Crippen molar-refractivity contribution in [2.75, 3.05) is 26.2 Å². The summed E-state index contributed by atoms with van der Waals surface area (Å²) in [4.78, 5) is 26.4. The summed E-state index contributed by atoms with van der Waals surface area (Å²) in [6.45, 7) is 0. The van der Waals surface area contributed by atoms with Crippen molar-refractivity contribution >= 4 is 51.9 Å². The minimum absolute atomic E-state index is 0.240. The number of amides is 1. The van der Waals surface area contributed by atoms with Gasteiger partial charge in [-0.05, 0) is 35.9 Å². The number of thioether (sulfide) groups is 1. The van der Waals surface area contributed by atoms with Gasteiger partial charge in [-0.2, -0.15) is 0 Å². The first-order valence-corrected chi connectivity index (χ1v) is 9.39. The van der Waals surface area contributed by atoms with Crippen LogP contribution in [-0.2, 0) is 9.53 Å². The highest BCUT2D eigenvalue weighted by molar-refractivity contribution is 8.27. The molecule has 0 radical (unpaired) electrons. The van der Waals surface area contributed by atoms with Crippen molar-refractivity contribution in [3.05, 3.63) is 58.5 Å². The predicted molar refractivity (Wildman–Crippen MR) is 113 cm³/mol. The topological polar surface area (TPSA) is 65.1 Å². The molecule has 0 bridgehead atoms. The molecular weight excluding hydrogens is 398 g/mol. The van der Waals surface area contributed by atoms with E-state index in [9.17, 15) is 9.59 Å². The number of thiocarbonyl (C=S) groups is 1. The summed E-state index contributed by atoms with van der Waals surface area (Å²) in [6.07, 6.45) is 1.73. The zero-order chi connectivity index (χ0) is 20.3. The van der Waals surface area contributed by atoms with Gasteiger partial charge in [-0.25, -0.2) is 4.79 Å². The minimum Gasteiger partial charge on any atom is -0.497 e. The van der Waals surface area contributed by atoms with Crippen LogP contribution in [0.15, 0.2) is 47.4 Å². The van der Waals surface area contributed by atoms with E-state index in [4.69, 9.17) is 21.7 Å². The molecule has 6 nitrogen and oxygen atoms in total. The third-order valence-corrected chi connectivity index (χ3v) is 5.35. The minimum atomic E-state index is -0.413. The smallest absolute Gasteiger partial charge is 0.337 e. The SMILES string of the molecule is COC(=O)c1ccc(/C=C2\SC(=S)N(c3ccc(OC)cc3OC)C2=O)cc1. The Morgan fingerprint density at radius 2 is 1.79 bits per heavy atom. The number of nitrogens with zero attached hydrogens (tertiary/aromatic N) is 1. The molecule has 0 spiro atoms. The second-order valence-electron chi connectivity index (χ2n) is 5.67. The lowest BCUT2D eigenvalue weighted by Crippen LogP contribution is -2.27. The van der Waals surface area contributed by atoms with Crippen LogP contribution in [0.4, 0.5) is 5.69 Å². The quantitative estimate of drug-likeness (QED) is 0.417. The van der Waals surface area contributed by atoms with Crippen LogP contribution < -0.4 is 14.4 Å². The van der Waals surface area contributed by atoms with Gasteiger partial charge in [-0.1, -0.05) is 36.1 Å². The van der Waals surface area contributed by atoms with Crippen molar-refractivity contribution in [3.8, 4) is 11.5 Å². The molecule has 0 saturated carbocycles. The largest absolute Gasteiger partial charge is 0.497 e. The molecule has 0 N–H and O–H groups in total. The van der Waals surface area contributed by atoms with E-state index in [1.807, 2.05) is 0 Å². The lowest BCUT2D eigenvalue weighted by molar-refractivity contribution is -0.113. The first-order chi connectivity index (χ1) is 13.5. The van der Waals surface area contributed by atoms with Crippen molar-refractivity contribution in [3.63, 3.8) is 0 Å². The normalized spacial score (nSPS) is 15.1. The molecule has 2 aromatic carbocycles. The van der Waals surface area contributed by atoms with Gasteiger partial charge < -0.3 is 14.2 Å². The lowest BCUT2D eigenvalue weighted by Gasteiger charge is -2.18. The second kappa shape index (κ2) is 8.45. The first kappa shape index (κ1) is 19.9. The molecule has 1 heterocycles. The summed E-state index contributed by atoms with van der Waals surface area (Å²) in [5.74, 6) is 0.451. The zero-order valence-corrected chi connectivity index (χ0v) is 17.1. The molecule has 1 aliphatic rings. The fraction of sp³-hybridized carbons (Fsp3) is 0.150. The molecule has 8 heteroatoms. The van der Waals surface area contributed by atoms with Crippen LogP contribution in [0.1, 0.15) is 15.9 Å². The maximum Gasteiger partial charge on any atom is 0.337 e. The lowest BCUT2D eigenvalue weighted by atomic mass is 10.1. The van der Waals surface area contributed by atoms with Crippen LogP contribution in [0, 0.1) is 0 Å². The number of carbonyl (C=O) groups excluding carboxylic acids is 2. The van der Waals surface area contributed by atoms with E-state index in [2.05, 4.69) is 4.74 Å². The Labute approximate surface area is 172 Å². The molecule has 1 amide bonds. The summed E-state index contributed by atoms with van der Waals surface area (Å²) >= 11 is 6.62. The number of anilines is 1. The van der Waals surface area contributed by atoms with Gasteiger partial charge in [0.05, 0.1) is 37.5 Å². The Morgan fingerprint density at radius 3 is 2.39 bits per heavy atom. The van der Waals surface area contributed by atoms with Crippen LogP contribution in [-0.4, -0.2) is 37.5 Å². The van der Waals surface area contributed by atoms with Gasteiger partial charge in [0.15, 0.2) is 4.32 Å². The molecule has 2 aromatic rings. The number of carbonyl (C=O) groups is 2. The van der Waals surface area contributed by atoms with E-state index >= 15 is 0 Å². The third kappa shape index (κ3) is 3.88. The molecule has 1 fully saturated rings. The Kier molecular flexibility index (Phi) is 6.01. The molecule has 28 heavy (non-hydrogen) atoms. The van der Waals surface area contributed by atoms with E-state index in [1.165, 1.54) is 30.9 Å². The fourth-order valence-corrected chi connectivity index (χ4v) is 3.91. The second-order valence-corrected chi connectivity index (χ2v) is 7.34. The van der Waals surface area contributed by atoms with E-state index in [1.54, 1.807) is 55.7 Å². The number of ether oxygens (including phenoxy) is 3. The van der Waals surface area contributed by atoms with Gasteiger partial charge in [-0.3, -0.25) is 9.69 Å². The molecule has 1 saturated heterocycles. The zero-order valence-electron chi connectivity index (χ0n) is 15.4. The average molecular weight is 415 g/mol. The fourth-order valence-electron chi connectivity index (χ4n) is 2.63. The molecule has 0 atom stereocenters. The molecule has 1 aliphatic heterocycles. The monoisotopic (exact) mass is 415 g/mol. The number of hydrogen-bond acceptors (Lipinski definition) is 7. The van der Waals surface area contributed by atoms with Crippen molar-refractivity contribution in [1.29, 1.82) is 0 Å². The summed E-state index contributed by atoms with van der Waals surface area (Å²) < 4.78 is 15.7. The summed E-state index contributed by atoms with van der Waals surface area (Å²) in [5.41, 5.74) is 1.76. The van der Waals surface area contributed by atoms with Gasteiger partial charge in [-0.15, -0.1) is 0 Å². The van der Waals surface area contributed by atoms with E-state index < -0.39 is 5.97 Å². The van der Waals surface area contributed by atoms with Crippen molar-refractivity contribution < 1.29 is 23.8 Å². The predicted octanol–water partition coefficient (Wildman–Crippen LogP) is 3.90. The summed E-state index contributed by atoms with van der Waals surface area (Å²) in [5, 5.41) is 0. The standard InChI is InChI=1S/C20H17NO5S2/c1-24-14-8-9-15(16(11-14)25-2)21-18(22)17(28-20(21)27)10-12-4-6-13(7-5-12)19(23)26-3/h4-11H,1-3H3/b17-10-. The molecule has 0 unspecified atom stereocenters. The van der Waals surface area contributed by atoms with Crippen LogP contribution in [0.2, 0.25) is 0 Å². The van der Waals surface area contributed by atoms with Crippen LogP contribution in [0.3, 0.4) is 0 Å². The van der Waals surface area contributed by atoms with Crippen LogP contribution in [0.25, 0.3) is 6.08 Å². The van der Waals surface area contributed by atoms with Gasteiger partial charge >= 0.3 is 5.97 Å². The Balaban J connectivity index is 1.90. The maximum atomic E-state index is 13.0. The molecule has 0 aromatic heterocycles. The van der Waals surface area contributed by atoms with Crippen molar-refractivity contribution in [2.24, 2.45) is 0 Å². The van der Waals surface area contributed by atoms with Gasteiger partial charge in [0.1, 0.15) is 11.5 Å². The number of hydrogen-bond donors (Lipinski definition) is 0. The highest BCUT2D eigenvalue weighted by Crippen LogP contribution is 2.41. The van der Waals surface area contributed by atoms with Crippen LogP contribution in [0.5, 0.6) is 11.5 Å². The molecule has 0 aliphatic carbocycles. The number of rotatable bonds is 5.